The molecule has 4 rings (SSSR count). The third-order valence-electron chi connectivity index (χ3n) is 8.85. The molecule has 262 valence electrons. The summed E-state index contributed by atoms with van der Waals surface area (Å²) in [6.07, 6.45) is 7.22. The Kier molecular flexibility index (Phi) is 10.5. The Labute approximate surface area is 281 Å². The first-order chi connectivity index (χ1) is 22.1. The molecule has 2 aliphatic heterocycles. The van der Waals surface area contributed by atoms with Gasteiger partial charge in [0.15, 0.2) is 5.71 Å². The third-order valence-corrected chi connectivity index (χ3v) is 11.4. The Morgan fingerprint density at radius 2 is 1.56 bits per heavy atom. The van der Waals surface area contributed by atoms with Gasteiger partial charge in [0.25, 0.3) is 30.4 Å². The summed E-state index contributed by atoms with van der Waals surface area (Å²) >= 11 is 0. The van der Waals surface area contributed by atoms with Crippen molar-refractivity contribution in [2.45, 2.75) is 80.4 Å². The predicted octanol–water partition coefficient (Wildman–Crippen LogP) is 4.72. The summed E-state index contributed by atoms with van der Waals surface area (Å²) in [5, 5.41) is 9.01. The van der Waals surface area contributed by atoms with Crippen LogP contribution in [-0.4, -0.2) is 79.1 Å². The van der Waals surface area contributed by atoms with Gasteiger partial charge in [0.1, 0.15) is 11.4 Å². The van der Waals surface area contributed by atoms with Crippen LogP contribution in [0.1, 0.15) is 70.9 Å². The van der Waals surface area contributed by atoms with Crippen LogP contribution in [0.5, 0.6) is 0 Å². The number of aliphatic carboxylic acids is 1. The zero-order valence-electron chi connectivity index (χ0n) is 27.1. The van der Waals surface area contributed by atoms with Crippen molar-refractivity contribution in [3.8, 4) is 0 Å². The van der Waals surface area contributed by atoms with E-state index in [1.54, 1.807) is 42.7 Å². The van der Waals surface area contributed by atoms with E-state index >= 15 is 0 Å². The molecule has 16 heteroatoms. The zero-order valence-corrected chi connectivity index (χ0v) is 29.6. The van der Waals surface area contributed by atoms with Crippen LogP contribution in [0.3, 0.4) is 0 Å². The van der Waals surface area contributed by atoms with E-state index in [2.05, 4.69) is 0 Å². The highest BCUT2D eigenvalue weighted by Gasteiger charge is 2.48. The fourth-order valence-corrected chi connectivity index (χ4v) is 8.51. The van der Waals surface area contributed by atoms with Crippen LogP contribution < -0.4 is 4.90 Å². The molecule has 0 amide bonds. The van der Waals surface area contributed by atoms with Gasteiger partial charge >= 0.3 is 5.97 Å². The first kappa shape index (κ1) is 37.4. The summed E-state index contributed by atoms with van der Waals surface area (Å²) < 4.78 is 103. The van der Waals surface area contributed by atoms with Crippen LogP contribution in [0.2, 0.25) is 0 Å². The molecule has 13 nitrogen and oxygen atoms in total. The molecule has 0 unspecified atom stereocenters. The van der Waals surface area contributed by atoms with E-state index in [4.69, 9.17) is 5.11 Å². The molecule has 0 fully saturated rings. The molecule has 0 aliphatic carbocycles. The lowest BCUT2D eigenvalue weighted by Gasteiger charge is -2.27. The Morgan fingerprint density at radius 3 is 2.17 bits per heavy atom. The maximum Gasteiger partial charge on any atom is 0.303 e. The molecule has 0 saturated heterocycles. The average molecular weight is 726 g/mol. The molecule has 4 N–H and O–H groups in total. The predicted molar refractivity (Wildman–Crippen MR) is 180 cm³/mol. The molecule has 2 aromatic rings. The summed E-state index contributed by atoms with van der Waals surface area (Å²) in [7, 11) is -13.4. The highest BCUT2D eigenvalue weighted by atomic mass is 32.2. The van der Waals surface area contributed by atoms with E-state index in [-0.39, 0.29) is 29.2 Å². The summed E-state index contributed by atoms with van der Waals surface area (Å²) in [5.74, 6) is -1.39. The van der Waals surface area contributed by atoms with Crippen molar-refractivity contribution >= 4 is 53.4 Å². The Balaban J connectivity index is 1.80. The van der Waals surface area contributed by atoms with E-state index in [9.17, 15) is 43.7 Å². The minimum Gasteiger partial charge on any atom is -0.481 e. The monoisotopic (exact) mass is 725 g/mol. The smallest absolute Gasteiger partial charge is 0.303 e. The number of unbranched alkanes of at least 4 members (excludes halogenated alkanes) is 2. The van der Waals surface area contributed by atoms with Crippen LogP contribution in [0.4, 0.5) is 11.4 Å². The second-order valence-electron chi connectivity index (χ2n) is 13.0. The van der Waals surface area contributed by atoms with Gasteiger partial charge in [-0.2, -0.15) is 29.8 Å². The van der Waals surface area contributed by atoms with Crippen LogP contribution in [0.25, 0.3) is 0 Å². The number of nitrogens with zero attached hydrogens (tertiary/aromatic N) is 2. The fraction of sp³-hybridized carbons (Fsp3) is 0.438. The van der Waals surface area contributed by atoms with Gasteiger partial charge in [-0.1, -0.05) is 32.4 Å². The largest absolute Gasteiger partial charge is 0.481 e. The van der Waals surface area contributed by atoms with Crippen LogP contribution in [0, 0.1) is 0 Å². The van der Waals surface area contributed by atoms with E-state index < -0.39 is 52.9 Å². The number of benzene rings is 2. The number of carboxylic acids is 1. The molecule has 0 radical (unpaired) electrons. The molecule has 0 saturated carbocycles. The van der Waals surface area contributed by atoms with Crippen molar-refractivity contribution in [2.75, 3.05) is 23.7 Å². The quantitative estimate of drug-likeness (QED) is 0.119. The minimum atomic E-state index is -4.62. The van der Waals surface area contributed by atoms with Crippen LogP contribution in [0.15, 0.2) is 70.1 Å². The van der Waals surface area contributed by atoms with E-state index in [1.807, 2.05) is 24.8 Å². The molecular weight excluding hydrogens is 685 g/mol. The number of carbonyl (C=O) groups is 1. The van der Waals surface area contributed by atoms with Crippen molar-refractivity contribution in [3.63, 3.8) is 0 Å². The lowest BCUT2D eigenvalue weighted by Crippen LogP contribution is -2.29. The van der Waals surface area contributed by atoms with Crippen LogP contribution in [-0.2, 0) is 46.0 Å². The van der Waals surface area contributed by atoms with Gasteiger partial charge in [-0.3, -0.25) is 18.5 Å². The lowest BCUT2D eigenvalue weighted by atomic mass is 9.81. The van der Waals surface area contributed by atoms with Crippen molar-refractivity contribution in [1.29, 1.82) is 0 Å². The van der Waals surface area contributed by atoms with Gasteiger partial charge < -0.3 is 10.0 Å². The molecule has 2 heterocycles. The van der Waals surface area contributed by atoms with Gasteiger partial charge in [0.2, 0.25) is 5.69 Å². The van der Waals surface area contributed by atoms with Crippen molar-refractivity contribution in [1.82, 2.24) is 0 Å². The number of anilines is 1. The first-order valence-electron chi connectivity index (χ1n) is 15.3. The number of rotatable bonds is 14. The Bertz CT molecular complexity index is 2040. The second-order valence-corrected chi connectivity index (χ2v) is 17.4. The van der Waals surface area contributed by atoms with Crippen molar-refractivity contribution in [3.05, 3.63) is 71.5 Å². The van der Waals surface area contributed by atoms with Crippen molar-refractivity contribution in [2.24, 2.45) is 0 Å². The standard InChI is InChI=1S/C32H40N2O11S3/c1-31(2)23-21-22(47(40,41)42)16-17-24(23)33(18-7-5-6-15-29(35)36)27(31)13-9-14-28-32(3,4)30-25(11-8-12-26(30)48(43,44)45)34(28)19-10-20-46(37,38)39/h8-9,11-14,16-17,21H,5-7,10,15,18-20H2,1-4H3,(H3-,35,36,37,38,39,40,41,42,43,44,45)/p+1. The summed E-state index contributed by atoms with van der Waals surface area (Å²) in [6.45, 7) is 7.99. The number of fused-ring (bicyclic) bond motifs is 2. The molecule has 48 heavy (non-hydrogen) atoms. The minimum absolute atomic E-state index is 0.0248. The van der Waals surface area contributed by atoms with Gasteiger partial charge in [-0.25, -0.2) is 0 Å². The maximum atomic E-state index is 12.4. The number of carboxylic acid groups (broad SMARTS) is 1. The SMILES string of the molecule is CC1(C)C(/C=C/C=C2/N(CCCCCC(=O)O)c3ccc(S(=O)(=O)O)cc3C2(C)C)=[N+](CCCS(=O)(=O)O)c2cccc(S(=O)(=O)O)c21. The number of allylic oxidation sites excluding steroid dienone is 4. The van der Waals surface area contributed by atoms with Gasteiger partial charge in [0.05, 0.1) is 21.6 Å². The van der Waals surface area contributed by atoms with Gasteiger partial charge in [0, 0.05) is 48.3 Å². The number of hydrogen-bond acceptors (Lipinski definition) is 8. The highest BCUT2D eigenvalue weighted by molar-refractivity contribution is 7.86. The molecular formula is C32H41N2O11S3+. The summed E-state index contributed by atoms with van der Waals surface area (Å²) in [6, 6.07) is 8.84. The van der Waals surface area contributed by atoms with Crippen molar-refractivity contribution < 1.29 is 53.4 Å². The van der Waals surface area contributed by atoms with E-state index in [1.165, 1.54) is 24.3 Å². The molecule has 0 spiro atoms. The van der Waals surface area contributed by atoms with Gasteiger partial charge in [-0.05, 0) is 62.6 Å². The number of hydrogen-bond donors (Lipinski definition) is 4. The van der Waals surface area contributed by atoms with Crippen LogP contribution >= 0.6 is 0 Å². The van der Waals surface area contributed by atoms with E-state index in [0.29, 0.717) is 48.3 Å². The first-order valence-corrected chi connectivity index (χ1v) is 19.8. The Hall–Kier alpha value is -3.41. The second kappa shape index (κ2) is 13.5. The molecule has 0 atom stereocenters. The van der Waals surface area contributed by atoms with E-state index in [0.717, 1.165) is 11.4 Å². The average Bonchev–Trinajstić information content (AvgIpc) is 3.29. The molecule has 2 aromatic carbocycles. The molecule has 0 aromatic heterocycles. The fourth-order valence-electron chi connectivity index (χ4n) is 6.64. The lowest BCUT2D eigenvalue weighted by molar-refractivity contribution is -0.437. The maximum absolute atomic E-state index is 12.4. The molecule has 0 bridgehead atoms. The Morgan fingerprint density at radius 1 is 0.875 bits per heavy atom. The highest BCUT2D eigenvalue weighted by Crippen LogP contribution is 2.49. The normalized spacial score (nSPS) is 18.1. The van der Waals surface area contributed by atoms with Gasteiger partial charge in [-0.15, -0.1) is 0 Å². The topological polar surface area (TPSA) is 207 Å². The zero-order chi connectivity index (χ0) is 35.9. The summed E-state index contributed by atoms with van der Waals surface area (Å²) in [4.78, 5) is 12.5. The molecule has 2 aliphatic rings. The summed E-state index contributed by atoms with van der Waals surface area (Å²) in [5.41, 5.74) is 1.86. The third kappa shape index (κ3) is 7.90.